The molecular formula is C26H17Br2NO3. The van der Waals surface area contributed by atoms with Crippen molar-refractivity contribution in [3.63, 3.8) is 0 Å². The monoisotopic (exact) mass is 549 g/mol. The second-order valence-electron chi connectivity index (χ2n) is 7.08. The van der Waals surface area contributed by atoms with E-state index < -0.39 is 0 Å². The SMILES string of the molecule is Cc1cc(C(=O)c2ccccc2Br)c(Oc2ccccn2)c(C(=O)c2ccccc2Br)c1. The van der Waals surface area contributed by atoms with Crippen LogP contribution in [0.5, 0.6) is 11.6 Å². The molecule has 1 aromatic heterocycles. The van der Waals surface area contributed by atoms with E-state index in [4.69, 9.17) is 4.74 Å². The maximum absolute atomic E-state index is 13.6. The molecule has 158 valence electrons. The summed E-state index contributed by atoms with van der Waals surface area (Å²) in [5, 5.41) is 0. The number of ketones is 2. The molecule has 3 aromatic carbocycles. The average Bonchev–Trinajstić information content (AvgIpc) is 2.80. The van der Waals surface area contributed by atoms with Crippen LogP contribution >= 0.6 is 31.9 Å². The molecule has 0 aliphatic rings. The third-order valence-electron chi connectivity index (χ3n) is 4.80. The van der Waals surface area contributed by atoms with Gasteiger partial charge in [0.15, 0.2) is 17.3 Å². The normalized spacial score (nSPS) is 10.6. The predicted molar refractivity (Wildman–Crippen MR) is 131 cm³/mol. The second-order valence-corrected chi connectivity index (χ2v) is 8.79. The molecule has 4 aromatic rings. The first kappa shape index (κ1) is 22.1. The van der Waals surface area contributed by atoms with Crippen molar-refractivity contribution in [3.8, 4) is 11.6 Å². The van der Waals surface area contributed by atoms with Gasteiger partial charge in [0.2, 0.25) is 5.88 Å². The van der Waals surface area contributed by atoms with E-state index >= 15 is 0 Å². The smallest absolute Gasteiger partial charge is 0.219 e. The molecule has 0 saturated heterocycles. The Balaban J connectivity index is 1.93. The molecule has 0 saturated carbocycles. The van der Waals surface area contributed by atoms with Crippen LogP contribution < -0.4 is 4.74 Å². The fourth-order valence-electron chi connectivity index (χ4n) is 3.31. The third-order valence-corrected chi connectivity index (χ3v) is 6.19. The Morgan fingerprint density at radius 3 is 1.69 bits per heavy atom. The van der Waals surface area contributed by atoms with Crippen molar-refractivity contribution < 1.29 is 14.3 Å². The van der Waals surface area contributed by atoms with Gasteiger partial charge in [-0.3, -0.25) is 9.59 Å². The highest BCUT2D eigenvalue weighted by molar-refractivity contribution is 9.10. The van der Waals surface area contributed by atoms with Gasteiger partial charge in [0, 0.05) is 32.3 Å². The fraction of sp³-hybridized carbons (Fsp3) is 0.0385. The first-order valence-corrected chi connectivity index (χ1v) is 11.4. The van der Waals surface area contributed by atoms with Gasteiger partial charge in [-0.25, -0.2) is 4.98 Å². The molecule has 0 fully saturated rings. The van der Waals surface area contributed by atoms with Gasteiger partial charge in [0.05, 0.1) is 11.1 Å². The second kappa shape index (κ2) is 9.59. The molecule has 4 rings (SSSR count). The van der Waals surface area contributed by atoms with Gasteiger partial charge in [0.1, 0.15) is 0 Å². The first-order valence-electron chi connectivity index (χ1n) is 9.77. The maximum Gasteiger partial charge on any atom is 0.219 e. The summed E-state index contributed by atoms with van der Waals surface area (Å²) in [5.41, 5.74) is 2.30. The lowest BCUT2D eigenvalue weighted by molar-refractivity contribution is 0.103. The molecule has 0 amide bonds. The van der Waals surface area contributed by atoms with Gasteiger partial charge < -0.3 is 4.74 Å². The summed E-state index contributed by atoms with van der Waals surface area (Å²) in [7, 11) is 0. The molecule has 0 aliphatic heterocycles. The number of carbonyl (C=O) groups excluding carboxylic acids is 2. The van der Waals surface area contributed by atoms with E-state index in [1.165, 1.54) is 0 Å². The lowest BCUT2D eigenvalue weighted by atomic mass is 9.93. The third kappa shape index (κ3) is 4.56. The van der Waals surface area contributed by atoms with E-state index in [1.807, 2.05) is 19.1 Å². The molecule has 0 atom stereocenters. The number of aryl methyl sites for hydroxylation is 1. The predicted octanol–water partition coefficient (Wildman–Crippen LogP) is 7.17. The zero-order chi connectivity index (χ0) is 22.7. The molecule has 32 heavy (non-hydrogen) atoms. The molecule has 0 bridgehead atoms. The Hall–Kier alpha value is -3.09. The Kier molecular flexibility index (Phi) is 6.63. The van der Waals surface area contributed by atoms with E-state index in [0.29, 0.717) is 26.0 Å². The number of carbonyl (C=O) groups is 2. The summed E-state index contributed by atoms with van der Waals surface area (Å²) < 4.78 is 7.40. The minimum absolute atomic E-state index is 0.177. The van der Waals surface area contributed by atoms with Crippen LogP contribution in [-0.4, -0.2) is 16.6 Å². The van der Waals surface area contributed by atoms with E-state index in [2.05, 4.69) is 36.8 Å². The molecular weight excluding hydrogens is 534 g/mol. The van der Waals surface area contributed by atoms with E-state index in [-0.39, 0.29) is 28.4 Å². The molecule has 0 spiro atoms. The highest BCUT2D eigenvalue weighted by Crippen LogP contribution is 2.35. The first-order chi connectivity index (χ1) is 15.5. The van der Waals surface area contributed by atoms with Gasteiger partial charge in [-0.2, -0.15) is 0 Å². The molecule has 0 N–H and O–H groups in total. The zero-order valence-electron chi connectivity index (χ0n) is 17.0. The van der Waals surface area contributed by atoms with Gasteiger partial charge in [-0.15, -0.1) is 0 Å². The van der Waals surface area contributed by atoms with E-state index in [1.54, 1.807) is 72.9 Å². The van der Waals surface area contributed by atoms with Gasteiger partial charge in [0.25, 0.3) is 0 Å². The number of halogens is 2. The number of ether oxygens (including phenoxy) is 1. The number of rotatable bonds is 6. The van der Waals surface area contributed by atoms with Crippen LogP contribution in [0.1, 0.15) is 37.4 Å². The molecule has 1 heterocycles. The van der Waals surface area contributed by atoms with Gasteiger partial charge in [-0.1, -0.05) is 62.2 Å². The number of pyridine rings is 1. The summed E-state index contributed by atoms with van der Waals surface area (Å²) in [6.07, 6.45) is 1.59. The lowest BCUT2D eigenvalue weighted by Gasteiger charge is -2.16. The summed E-state index contributed by atoms with van der Waals surface area (Å²) >= 11 is 6.90. The van der Waals surface area contributed by atoms with Gasteiger partial charge >= 0.3 is 0 Å². The van der Waals surface area contributed by atoms with Crippen LogP contribution in [0.15, 0.2) is 94.0 Å². The lowest BCUT2D eigenvalue weighted by Crippen LogP contribution is -2.11. The van der Waals surface area contributed by atoms with Crippen LogP contribution in [0.3, 0.4) is 0 Å². The largest absolute Gasteiger partial charge is 0.437 e. The Morgan fingerprint density at radius 2 is 1.22 bits per heavy atom. The molecule has 0 aliphatic carbocycles. The van der Waals surface area contributed by atoms with Crippen molar-refractivity contribution in [3.05, 3.63) is 122 Å². The molecule has 4 nitrogen and oxygen atoms in total. The van der Waals surface area contributed by atoms with Crippen LogP contribution in [0.2, 0.25) is 0 Å². The fourth-order valence-corrected chi connectivity index (χ4v) is 4.24. The summed E-state index contributed by atoms with van der Waals surface area (Å²) in [6.45, 7) is 1.85. The number of nitrogens with zero attached hydrogens (tertiary/aromatic N) is 1. The Bertz CT molecular complexity index is 1240. The van der Waals surface area contributed by atoms with Gasteiger partial charge in [-0.05, 0) is 55.0 Å². The number of benzene rings is 3. The standard InChI is InChI=1S/C26H17Br2NO3/c1-16-14-19(24(30)17-8-2-4-10-21(17)27)26(32-23-12-6-7-13-29-23)20(15-16)25(31)18-9-3-5-11-22(18)28/h2-15H,1H3. The van der Waals surface area contributed by atoms with Crippen LogP contribution in [-0.2, 0) is 0 Å². The number of hydrogen-bond acceptors (Lipinski definition) is 4. The maximum atomic E-state index is 13.6. The van der Waals surface area contributed by atoms with Crippen molar-refractivity contribution in [1.82, 2.24) is 4.98 Å². The summed E-state index contributed by atoms with van der Waals surface area (Å²) in [5.74, 6) is -0.0453. The molecule has 0 radical (unpaired) electrons. The van der Waals surface area contributed by atoms with Crippen molar-refractivity contribution in [2.75, 3.05) is 0 Å². The van der Waals surface area contributed by atoms with E-state index in [0.717, 1.165) is 5.56 Å². The van der Waals surface area contributed by atoms with Crippen molar-refractivity contribution >= 4 is 43.4 Å². The van der Waals surface area contributed by atoms with Crippen molar-refractivity contribution in [2.45, 2.75) is 6.92 Å². The quantitative estimate of drug-likeness (QED) is 0.239. The summed E-state index contributed by atoms with van der Waals surface area (Å²) in [4.78, 5) is 31.3. The minimum Gasteiger partial charge on any atom is -0.437 e. The molecule has 6 heteroatoms. The Morgan fingerprint density at radius 1 is 0.719 bits per heavy atom. The van der Waals surface area contributed by atoms with E-state index in [9.17, 15) is 9.59 Å². The summed E-state index contributed by atoms with van der Waals surface area (Å²) in [6, 6.07) is 23.0. The number of hydrogen-bond donors (Lipinski definition) is 0. The van der Waals surface area contributed by atoms with Crippen LogP contribution in [0.25, 0.3) is 0 Å². The topological polar surface area (TPSA) is 56.3 Å². The average molecular weight is 551 g/mol. The van der Waals surface area contributed by atoms with Crippen molar-refractivity contribution in [2.24, 2.45) is 0 Å². The minimum atomic E-state index is -0.256. The highest BCUT2D eigenvalue weighted by atomic mass is 79.9. The van der Waals surface area contributed by atoms with Crippen LogP contribution in [0, 0.1) is 6.92 Å². The molecule has 0 unspecified atom stereocenters. The van der Waals surface area contributed by atoms with Crippen molar-refractivity contribution in [1.29, 1.82) is 0 Å². The highest BCUT2D eigenvalue weighted by Gasteiger charge is 2.26. The van der Waals surface area contributed by atoms with Crippen LogP contribution in [0.4, 0.5) is 0 Å². The Labute approximate surface area is 202 Å². The zero-order valence-corrected chi connectivity index (χ0v) is 20.2. The number of aromatic nitrogens is 1.